The molecule has 2 aromatic rings. The maximum atomic E-state index is 11.5. The molecule has 0 aliphatic carbocycles. The summed E-state index contributed by atoms with van der Waals surface area (Å²) in [4.78, 5) is 11.5. The van der Waals surface area contributed by atoms with Crippen molar-refractivity contribution in [2.24, 2.45) is 0 Å². The minimum absolute atomic E-state index is 0.00407. The van der Waals surface area contributed by atoms with Crippen molar-refractivity contribution >= 4 is 5.97 Å². The number of ether oxygens (including phenoxy) is 3. The van der Waals surface area contributed by atoms with Crippen LogP contribution in [0.4, 0.5) is 0 Å². The van der Waals surface area contributed by atoms with Gasteiger partial charge in [-0.25, -0.2) is 4.79 Å². The third kappa shape index (κ3) is 11.2. The Morgan fingerprint density at radius 3 is 1.89 bits per heavy atom. The van der Waals surface area contributed by atoms with Gasteiger partial charge in [0.1, 0.15) is 46.9 Å². The van der Waals surface area contributed by atoms with Crippen LogP contribution >= 0.6 is 0 Å². The average molecular weight is 663 g/mol. The van der Waals surface area contributed by atoms with Crippen molar-refractivity contribution in [1.82, 2.24) is 0 Å². The van der Waals surface area contributed by atoms with E-state index in [0.717, 1.165) is 31.7 Å². The zero-order chi connectivity index (χ0) is 34.5. The Morgan fingerprint density at radius 1 is 0.787 bits per heavy atom. The predicted octanol–water partition coefficient (Wildman–Crippen LogP) is 6.01. The third-order valence-corrected chi connectivity index (χ3v) is 8.82. The van der Waals surface area contributed by atoms with Gasteiger partial charge in [0.05, 0.1) is 11.7 Å². The first-order chi connectivity index (χ1) is 22.4. The zero-order valence-electron chi connectivity index (χ0n) is 27.9. The Balaban J connectivity index is 1.67. The second-order valence-corrected chi connectivity index (χ2v) is 12.7. The first-order valence-corrected chi connectivity index (χ1v) is 17.1. The van der Waals surface area contributed by atoms with E-state index in [1.807, 2.05) is 0 Å². The maximum Gasteiger partial charge on any atom is 0.339 e. The van der Waals surface area contributed by atoms with Gasteiger partial charge >= 0.3 is 5.97 Å². The van der Waals surface area contributed by atoms with Crippen LogP contribution in [-0.4, -0.2) is 72.4 Å². The molecule has 0 aromatic heterocycles. The van der Waals surface area contributed by atoms with Crippen molar-refractivity contribution in [3.63, 3.8) is 0 Å². The lowest BCUT2D eigenvalue weighted by Gasteiger charge is -2.39. The van der Waals surface area contributed by atoms with E-state index >= 15 is 0 Å². The second kappa shape index (κ2) is 19.0. The van der Waals surface area contributed by atoms with Crippen LogP contribution in [0.5, 0.6) is 23.0 Å². The Kier molecular flexibility index (Phi) is 15.5. The fourth-order valence-corrected chi connectivity index (χ4v) is 6.08. The summed E-state index contributed by atoms with van der Waals surface area (Å²) in [5, 5.41) is 72.4. The highest BCUT2D eigenvalue weighted by atomic mass is 16.7. The Bertz CT molecular complexity index is 1240. The molecule has 0 amide bonds. The van der Waals surface area contributed by atoms with E-state index in [-0.39, 0.29) is 33.9 Å². The van der Waals surface area contributed by atoms with Crippen LogP contribution in [0, 0.1) is 6.92 Å². The number of hydrogen-bond donors (Lipinski definition) is 7. The van der Waals surface area contributed by atoms with Crippen molar-refractivity contribution in [2.45, 2.75) is 148 Å². The molecule has 3 rings (SSSR count). The normalized spacial score (nSPS) is 21.8. The first-order valence-electron chi connectivity index (χ1n) is 17.1. The van der Waals surface area contributed by atoms with Crippen molar-refractivity contribution in [3.05, 3.63) is 46.5 Å². The van der Waals surface area contributed by atoms with Gasteiger partial charge < -0.3 is 50.0 Å². The molecule has 1 saturated heterocycles. The molecule has 1 fully saturated rings. The third-order valence-electron chi connectivity index (χ3n) is 8.82. The van der Waals surface area contributed by atoms with E-state index in [1.165, 1.54) is 83.8 Å². The lowest BCUT2D eigenvalue weighted by Crippen LogP contribution is -2.58. The van der Waals surface area contributed by atoms with Gasteiger partial charge in [-0.1, -0.05) is 84.0 Å². The molecule has 0 spiro atoms. The lowest BCUT2D eigenvalue weighted by atomic mass is 9.98. The standard InChI is InChI=1S/C36H54O11/c1-4-5-6-7-8-9-10-11-12-13-14-15-16-17-24-19-26(47-36-33(41)32(40)31(39)23(3)45-36)21-28(38)30(24)35(44)46-25-18-22(2)29(34(42)43)27(37)20-25/h18-21,23,31-33,35-41,44H,4-17H2,1-3H3,(H,42,43). The highest BCUT2D eigenvalue weighted by Crippen LogP contribution is 2.37. The molecule has 11 heteroatoms. The molecule has 1 heterocycles. The molecule has 264 valence electrons. The van der Waals surface area contributed by atoms with Crippen LogP contribution in [0.1, 0.15) is 131 Å². The number of carboxylic acids is 1. The minimum Gasteiger partial charge on any atom is -0.507 e. The summed E-state index contributed by atoms with van der Waals surface area (Å²) in [5.41, 5.74) is 0.535. The topological polar surface area (TPSA) is 186 Å². The number of aryl methyl sites for hydroxylation is 2. The molecule has 1 aliphatic heterocycles. The molecule has 1 aliphatic rings. The monoisotopic (exact) mass is 662 g/mol. The smallest absolute Gasteiger partial charge is 0.339 e. The van der Waals surface area contributed by atoms with Crippen LogP contribution in [0.3, 0.4) is 0 Å². The number of aliphatic hydroxyl groups is 4. The lowest BCUT2D eigenvalue weighted by molar-refractivity contribution is -0.268. The van der Waals surface area contributed by atoms with Gasteiger partial charge in [0.25, 0.3) is 0 Å². The molecular weight excluding hydrogens is 608 g/mol. The number of phenols is 2. The maximum absolute atomic E-state index is 11.5. The van der Waals surface area contributed by atoms with Gasteiger partial charge in [-0.2, -0.15) is 0 Å². The first kappa shape index (κ1) is 38.4. The van der Waals surface area contributed by atoms with Crippen molar-refractivity contribution in [2.75, 3.05) is 0 Å². The van der Waals surface area contributed by atoms with E-state index in [4.69, 9.17) is 14.2 Å². The number of unbranched alkanes of at least 4 members (excludes halogenated alkanes) is 12. The number of rotatable bonds is 20. The van der Waals surface area contributed by atoms with Crippen molar-refractivity contribution < 1.29 is 54.8 Å². The van der Waals surface area contributed by atoms with E-state index < -0.39 is 48.7 Å². The summed E-state index contributed by atoms with van der Waals surface area (Å²) in [6.45, 7) is 5.25. The Morgan fingerprint density at radius 2 is 1.34 bits per heavy atom. The van der Waals surface area contributed by atoms with Crippen LogP contribution in [-0.2, 0) is 11.2 Å². The van der Waals surface area contributed by atoms with Crippen LogP contribution in [0.2, 0.25) is 0 Å². The zero-order valence-corrected chi connectivity index (χ0v) is 27.9. The van der Waals surface area contributed by atoms with Gasteiger partial charge in [-0.05, 0) is 49.9 Å². The summed E-state index contributed by atoms with van der Waals surface area (Å²) < 4.78 is 17.0. The molecule has 0 radical (unpaired) electrons. The molecule has 11 nitrogen and oxygen atoms in total. The summed E-state index contributed by atoms with van der Waals surface area (Å²) >= 11 is 0. The van der Waals surface area contributed by atoms with E-state index in [9.17, 15) is 40.5 Å². The predicted molar refractivity (Wildman–Crippen MR) is 176 cm³/mol. The van der Waals surface area contributed by atoms with Crippen LogP contribution in [0.25, 0.3) is 0 Å². The van der Waals surface area contributed by atoms with E-state index in [2.05, 4.69) is 6.92 Å². The van der Waals surface area contributed by atoms with Gasteiger partial charge in [0.2, 0.25) is 12.6 Å². The summed E-state index contributed by atoms with van der Waals surface area (Å²) in [6, 6.07) is 5.28. The SMILES string of the molecule is CCCCCCCCCCCCCCCc1cc(OC2OC(C)C(O)C(O)C2O)cc(O)c1C(O)Oc1cc(C)c(C(=O)O)c(O)c1. The van der Waals surface area contributed by atoms with Crippen LogP contribution in [0.15, 0.2) is 24.3 Å². The molecular formula is C36H54O11. The number of aromatic hydroxyl groups is 2. The highest BCUT2D eigenvalue weighted by molar-refractivity contribution is 5.92. The number of benzene rings is 2. The molecule has 0 bridgehead atoms. The van der Waals surface area contributed by atoms with Gasteiger partial charge in [-0.15, -0.1) is 0 Å². The highest BCUT2D eigenvalue weighted by Gasteiger charge is 2.43. The van der Waals surface area contributed by atoms with Gasteiger partial charge in [0, 0.05) is 12.1 Å². The Labute approximate surface area is 277 Å². The van der Waals surface area contributed by atoms with Crippen molar-refractivity contribution in [1.29, 1.82) is 0 Å². The molecule has 47 heavy (non-hydrogen) atoms. The quantitative estimate of drug-likeness (QED) is 0.0650. The second-order valence-electron chi connectivity index (χ2n) is 12.7. The molecule has 6 atom stereocenters. The van der Waals surface area contributed by atoms with Gasteiger partial charge in [0.15, 0.2) is 0 Å². The molecule has 7 N–H and O–H groups in total. The van der Waals surface area contributed by atoms with Gasteiger partial charge in [-0.3, -0.25) is 0 Å². The van der Waals surface area contributed by atoms with E-state index in [0.29, 0.717) is 12.0 Å². The summed E-state index contributed by atoms with van der Waals surface area (Å²) in [6.07, 6.45) is 7.68. The number of phenolic OH excluding ortho intramolecular Hbond substituents is 1. The Hall–Kier alpha value is -3.09. The fraction of sp³-hybridized carbons (Fsp3) is 0.639. The molecule has 2 aromatic carbocycles. The summed E-state index contributed by atoms with van der Waals surface area (Å²) in [7, 11) is 0. The largest absolute Gasteiger partial charge is 0.507 e. The van der Waals surface area contributed by atoms with E-state index in [1.54, 1.807) is 6.07 Å². The number of hydrogen-bond acceptors (Lipinski definition) is 10. The average Bonchev–Trinajstić information content (AvgIpc) is 3.00. The fourth-order valence-electron chi connectivity index (χ4n) is 6.08. The number of aliphatic hydroxyl groups excluding tert-OH is 4. The molecule has 0 saturated carbocycles. The number of aromatic carboxylic acids is 1. The molecule has 6 unspecified atom stereocenters. The van der Waals surface area contributed by atoms with Crippen molar-refractivity contribution in [3.8, 4) is 23.0 Å². The number of carboxylic acid groups (broad SMARTS) is 1. The summed E-state index contributed by atoms with van der Waals surface area (Å²) in [5.74, 6) is -2.07. The van der Waals surface area contributed by atoms with Crippen LogP contribution < -0.4 is 9.47 Å². The number of carbonyl (C=O) groups is 1. The minimum atomic E-state index is -1.68.